The number of amides is 1. The molecule has 1 amide bonds. The van der Waals surface area contributed by atoms with Crippen molar-refractivity contribution in [2.75, 3.05) is 6.54 Å². The van der Waals surface area contributed by atoms with Crippen LogP contribution < -0.4 is 0 Å². The molecule has 0 bridgehead atoms. The second-order valence-corrected chi connectivity index (χ2v) is 6.32. The van der Waals surface area contributed by atoms with Crippen LogP contribution in [-0.4, -0.2) is 33.5 Å². The van der Waals surface area contributed by atoms with Gasteiger partial charge in [-0.1, -0.05) is 6.07 Å². The number of furan rings is 1. The van der Waals surface area contributed by atoms with Gasteiger partial charge >= 0.3 is 0 Å². The lowest BCUT2D eigenvalue weighted by atomic mass is 10.0. The Morgan fingerprint density at radius 3 is 3.04 bits per heavy atom. The SMILES string of the molecule is O=C(CCCc1ccccn1)N1CCCC1CC(O)c1ccco1. The van der Waals surface area contributed by atoms with Crippen molar-refractivity contribution in [3.8, 4) is 0 Å². The number of hydrogen-bond donors (Lipinski definition) is 1. The molecule has 1 saturated heterocycles. The van der Waals surface area contributed by atoms with Crippen LogP contribution in [0.4, 0.5) is 0 Å². The summed E-state index contributed by atoms with van der Waals surface area (Å²) in [6, 6.07) is 9.51. The Balaban J connectivity index is 1.48. The highest BCUT2D eigenvalue weighted by Crippen LogP contribution is 2.28. The average molecular weight is 328 g/mol. The molecule has 2 atom stereocenters. The number of likely N-dealkylation sites (tertiary alicyclic amines) is 1. The number of nitrogens with zero attached hydrogens (tertiary/aromatic N) is 2. The molecular formula is C19H24N2O3. The van der Waals surface area contributed by atoms with E-state index in [0.29, 0.717) is 18.6 Å². The van der Waals surface area contributed by atoms with E-state index >= 15 is 0 Å². The van der Waals surface area contributed by atoms with Gasteiger partial charge in [0.25, 0.3) is 0 Å². The lowest BCUT2D eigenvalue weighted by Crippen LogP contribution is -2.36. The van der Waals surface area contributed by atoms with Crippen LogP contribution in [0.3, 0.4) is 0 Å². The van der Waals surface area contributed by atoms with Crippen molar-refractivity contribution >= 4 is 5.91 Å². The second kappa shape index (κ2) is 8.11. The van der Waals surface area contributed by atoms with Gasteiger partial charge in [-0.3, -0.25) is 9.78 Å². The normalized spacial score (nSPS) is 18.7. The van der Waals surface area contributed by atoms with E-state index in [9.17, 15) is 9.90 Å². The highest BCUT2D eigenvalue weighted by atomic mass is 16.4. The van der Waals surface area contributed by atoms with Gasteiger partial charge < -0.3 is 14.4 Å². The first-order valence-corrected chi connectivity index (χ1v) is 8.65. The molecule has 0 radical (unpaired) electrons. The molecule has 0 spiro atoms. The largest absolute Gasteiger partial charge is 0.467 e. The topological polar surface area (TPSA) is 66.6 Å². The molecule has 1 aliphatic rings. The fourth-order valence-electron chi connectivity index (χ4n) is 3.37. The minimum atomic E-state index is -0.646. The number of rotatable bonds is 7. The van der Waals surface area contributed by atoms with Crippen LogP contribution in [0, 0.1) is 0 Å². The maximum absolute atomic E-state index is 12.5. The van der Waals surface area contributed by atoms with E-state index in [0.717, 1.165) is 37.9 Å². The molecule has 3 heterocycles. The molecule has 24 heavy (non-hydrogen) atoms. The zero-order valence-corrected chi connectivity index (χ0v) is 13.8. The molecule has 2 aromatic rings. The number of hydrogen-bond acceptors (Lipinski definition) is 4. The number of carbonyl (C=O) groups is 1. The Morgan fingerprint density at radius 1 is 1.38 bits per heavy atom. The Morgan fingerprint density at radius 2 is 2.29 bits per heavy atom. The van der Waals surface area contributed by atoms with Crippen molar-refractivity contribution in [3.05, 3.63) is 54.2 Å². The molecule has 0 aromatic carbocycles. The van der Waals surface area contributed by atoms with Gasteiger partial charge in [-0.15, -0.1) is 0 Å². The summed E-state index contributed by atoms with van der Waals surface area (Å²) in [4.78, 5) is 18.7. The van der Waals surface area contributed by atoms with E-state index in [1.54, 1.807) is 24.6 Å². The molecule has 0 aliphatic carbocycles. The van der Waals surface area contributed by atoms with Gasteiger partial charge in [0.2, 0.25) is 5.91 Å². The standard InChI is InChI=1S/C19H24N2O3/c22-17(18-9-5-13-24-18)14-16-8-4-12-21(16)19(23)10-3-7-15-6-1-2-11-20-15/h1-2,5-6,9,11,13,16-17,22H,3-4,7-8,10,12,14H2. The van der Waals surface area contributed by atoms with Crippen LogP contribution in [0.25, 0.3) is 0 Å². The first kappa shape index (κ1) is 16.7. The summed E-state index contributed by atoms with van der Waals surface area (Å²) in [7, 11) is 0. The number of carbonyl (C=O) groups excluding carboxylic acids is 1. The number of pyridine rings is 1. The molecule has 128 valence electrons. The number of aryl methyl sites for hydroxylation is 1. The van der Waals surface area contributed by atoms with Crippen LogP contribution in [0.15, 0.2) is 47.2 Å². The van der Waals surface area contributed by atoms with Crippen LogP contribution in [0.5, 0.6) is 0 Å². The maximum atomic E-state index is 12.5. The Bertz CT molecular complexity index is 627. The quantitative estimate of drug-likeness (QED) is 0.848. The smallest absolute Gasteiger partial charge is 0.222 e. The van der Waals surface area contributed by atoms with Gasteiger partial charge in [0.1, 0.15) is 11.9 Å². The summed E-state index contributed by atoms with van der Waals surface area (Å²) in [5.41, 5.74) is 1.02. The third-order valence-corrected chi connectivity index (χ3v) is 4.61. The van der Waals surface area contributed by atoms with E-state index in [2.05, 4.69) is 4.98 Å². The Hall–Kier alpha value is -2.14. The minimum absolute atomic E-state index is 0.104. The number of aliphatic hydroxyl groups excluding tert-OH is 1. The number of aromatic nitrogens is 1. The van der Waals surface area contributed by atoms with Crippen molar-refractivity contribution < 1.29 is 14.3 Å². The van der Waals surface area contributed by atoms with Crippen LogP contribution in [0.2, 0.25) is 0 Å². The lowest BCUT2D eigenvalue weighted by molar-refractivity contribution is -0.132. The lowest BCUT2D eigenvalue weighted by Gasteiger charge is -2.26. The molecule has 5 nitrogen and oxygen atoms in total. The van der Waals surface area contributed by atoms with Gasteiger partial charge in [-0.25, -0.2) is 0 Å². The molecule has 1 N–H and O–H groups in total. The molecule has 3 rings (SSSR count). The molecular weight excluding hydrogens is 304 g/mol. The average Bonchev–Trinajstić information content (AvgIpc) is 3.27. The van der Waals surface area contributed by atoms with Gasteiger partial charge in [0.15, 0.2) is 0 Å². The monoisotopic (exact) mass is 328 g/mol. The van der Waals surface area contributed by atoms with Crippen molar-refractivity contribution in [3.63, 3.8) is 0 Å². The number of aliphatic hydroxyl groups is 1. The van der Waals surface area contributed by atoms with Crippen molar-refractivity contribution in [2.24, 2.45) is 0 Å². The van der Waals surface area contributed by atoms with Crippen LogP contribution >= 0.6 is 0 Å². The van der Waals surface area contributed by atoms with Crippen LogP contribution in [0.1, 0.15) is 49.7 Å². The molecule has 0 saturated carbocycles. The predicted octanol–water partition coefficient (Wildman–Crippen LogP) is 3.11. The van der Waals surface area contributed by atoms with E-state index in [1.165, 1.54) is 0 Å². The zero-order valence-electron chi connectivity index (χ0n) is 13.8. The summed E-state index contributed by atoms with van der Waals surface area (Å²) in [5.74, 6) is 0.754. The molecule has 1 aliphatic heterocycles. The highest BCUT2D eigenvalue weighted by molar-refractivity contribution is 5.76. The maximum Gasteiger partial charge on any atom is 0.222 e. The summed E-state index contributed by atoms with van der Waals surface area (Å²) >= 11 is 0. The molecule has 2 aromatic heterocycles. The summed E-state index contributed by atoms with van der Waals surface area (Å²) in [6.07, 6.45) is 7.35. The van der Waals surface area contributed by atoms with E-state index < -0.39 is 6.10 Å². The van der Waals surface area contributed by atoms with E-state index in [-0.39, 0.29) is 11.9 Å². The first-order chi connectivity index (χ1) is 11.7. The second-order valence-electron chi connectivity index (χ2n) is 6.32. The summed E-state index contributed by atoms with van der Waals surface area (Å²) < 4.78 is 5.25. The third-order valence-electron chi connectivity index (χ3n) is 4.61. The fourth-order valence-corrected chi connectivity index (χ4v) is 3.37. The highest BCUT2D eigenvalue weighted by Gasteiger charge is 2.30. The molecule has 2 unspecified atom stereocenters. The Labute approximate surface area is 142 Å². The van der Waals surface area contributed by atoms with Crippen molar-refractivity contribution in [1.82, 2.24) is 9.88 Å². The summed E-state index contributed by atoms with van der Waals surface area (Å²) in [6.45, 7) is 0.790. The van der Waals surface area contributed by atoms with Gasteiger partial charge in [-0.05, 0) is 49.9 Å². The molecule has 5 heteroatoms. The van der Waals surface area contributed by atoms with Gasteiger partial charge in [-0.2, -0.15) is 0 Å². The molecule has 1 fully saturated rings. The fraction of sp³-hybridized carbons (Fsp3) is 0.474. The van der Waals surface area contributed by atoms with Crippen molar-refractivity contribution in [1.29, 1.82) is 0 Å². The van der Waals surface area contributed by atoms with Crippen molar-refractivity contribution in [2.45, 2.75) is 50.7 Å². The van der Waals surface area contributed by atoms with Gasteiger partial charge in [0, 0.05) is 37.3 Å². The zero-order chi connectivity index (χ0) is 16.8. The van der Waals surface area contributed by atoms with Crippen LogP contribution in [-0.2, 0) is 11.2 Å². The minimum Gasteiger partial charge on any atom is -0.467 e. The Kier molecular flexibility index (Phi) is 5.64. The predicted molar refractivity (Wildman–Crippen MR) is 90.2 cm³/mol. The van der Waals surface area contributed by atoms with Gasteiger partial charge in [0.05, 0.1) is 6.26 Å². The first-order valence-electron chi connectivity index (χ1n) is 8.65. The summed E-state index contributed by atoms with van der Waals surface area (Å²) in [5, 5.41) is 10.3. The van der Waals surface area contributed by atoms with E-state index in [4.69, 9.17) is 4.42 Å². The van der Waals surface area contributed by atoms with E-state index in [1.807, 2.05) is 23.1 Å². The third kappa shape index (κ3) is 4.23.